The second-order valence-electron chi connectivity index (χ2n) is 6.39. The summed E-state index contributed by atoms with van der Waals surface area (Å²) in [5.74, 6) is 0. The van der Waals surface area contributed by atoms with E-state index in [1.54, 1.807) is 18.2 Å². The molecule has 3 aromatic rings. The lowest BCUT2D eigenvalue weighted by molar-refractivity contribution is 0.591. The Kier molecular flexibility index (Phi) is 5.28. The topological polar surface area (TPSA) is 56.1 Å². The van der Waals surface area contributed by atoms with Crippen molar-refractivity contribution in [2.24, 2.45) is 0 Å². The first kappa shape index (κ1) is 18.4. The molecule has 0 fully saturated rings. The highest BCUT2D eigenvalue weighted by atomic mass is 32.2. The number of aromatic nitrogens is 1. The highest BCUT2D eigenvalue weighted by molar-refractivity contribution is 7.91. The summed E-state index contributed by atoms with van der Waals surface area (Å²) >= 11 is 0. The summed E-state index contributed by atoms with van der Waals surface area (Å²) in [5.41, 5.74) is 1.38. The van der Waals surface area contributed by atoms with Crippen LogP contribution in [0.3, 0.4) is 0 Å². The van der Waals surface area contributed by atoms with Gasteiger partial charge in [-0.2, -0.15) is 0 Å². The minimum atomic E-state index is -3.86. The Morgan fingerprint density at radius 3 is 2.38 bits per heavy atom. The largest absolute Gasteiger partial charge is 0.346 e. The average Bonchev–Trinajstić information content (AvgIpc) is 2.67. The van der Waals surface area contributed by atoms with Gasteiger partial charge in [-0.1, -0.05) is 44.5 Å². The number of rotatable bonds is 6. The Morgan fingerprint density at radius 2 is 1.73 bits per heavy atom. The maximum Gasteiger partial charge on any atom is 0.211 e. The zero-order valence-electron chi connectivity index (χ0n) is 15.1. The lowest BCUT2D eigenvalue weighted by Gasteiger charge is -2.14. The third kappa shape index (κ3) is 3.31. The van der Waals surface area contributed by atoms with Gasteiger partial charge in [-0.3, -0.25) is 4.79 Å². The molecule has 0 amide bonds. The van der Waals surface area contributed by atoms with E-state index in [4.69, 9.17) is 0 Å². The third-order valence-electron chi connectivity index (χ3n) is 4.62. The maximum atomic E-state index is 13.1. The summed E-state index contributed by atoms with van der Waals surface area (Å²) in [5, 5.41) is 0.470. The summed E-state index contributed by atoms with van der Waals surface area (Å²) < 4.78 is 28.0. The molecule has 0 N–H and O–H groups in total. The van der Waals surface area contributed by atoms with Crippen LogP contribution in [-0.2, 0) is 22.8 Å². The number of hydrogen-bond donors (Lipinski definition) is 0. The van der Waals surface area contributed by atoms with Gasteiger partial charge < -0.3 is 4.57 Å². The van der Waals surface area contributed by atoms with Gasteiger partial charge in [-0.15, -0.1) is 0 Å². The van der Waals surface area contributed by atoms with Gasteiger partial charge in [-0.25, -0.2) is 8.42 Å². The molecule has 4 nitrogen and oxygen atoms in total. The SMILES string of the molecule is CCCCn1cc(S(=O)(=O)c2ccccc2)c(=O)c2cc(CC)ccc21. The number of aryl methyl sites for hydroxylation is 2. The van der Waals surface area contributed by atoms with Gasteiger partial charge in [0.05, 0.1) is 10.4 Å². The summed E-state index contributed by atoms with van der Waals surface area (Å²) in [6.45, 7) is 4.78. The van der Waals surface area contributed by atoms with Crippen molar-refractivity contribution in [2.75, 3.05) is 0 Å². The molecule has 0 saturated carbocycles. The first-order valence-corrected chi connectivity index (χ1v) is 10.4. The van der Waals surface area contributed by atoms with E-state index in [1.165, 1.54) is 18.3 Å². The van der Waals surface area contributed by atoms with Crippen molar-refractivity contribution in [1.82, 2.24) is 4.57 Å². The van der Waals surface area contributed by atoms with Crippen LogP contribution in [0.25, 0.3) is 10.9 Å². The monoisotopic (exact) mass is 369 g/mol. The van der Waals surface area contributed by atoms with Crippen molar-refractivity contribution in [3.8, 4) is 0 Å². The minimum Gasteiger partial charge on any atom is -0.346 e. The van der Waals surface area contributed by atoms with Crippen LogP contribution in [0.2, 0.25) is 0 Å². The Labute approximate surface area is 154 Å². The van der Waals surface area contributed by atoms with Crippen molar-refractivity contribution in [2.45, 2.75) is 49.4 Å². The molecule has 0 unspecified atom stereocenters. The molecule has 0 saturated heterocycles. The van der Waals surface area contributed by atoms with Crippen LogP contribution in [0.5, 0.6) is 0 Å². The highest BCUT2D eigenvalue weighted by Crippen LogP contribution is 2.22. The van der Waals surface area contributed by atoms with Crippen molar-refractivity contribution in [1.29, 1.82) is 0 Å². The molecule has 0 spiro atoms. The minimum absolute atomic E-state index is 0.144. The van der Waals surface area contributed by atoms with Crippen LogP contribution in [-0.4, -0.2) is 13.0 Å². The average molecular weight is 369 g/mol. The Balaban J connectivity index is 2.32. The van der Waals surface area contributed by atoms with Gasteiger partial charge in [0, 0.05) is 18.1 Å². The predicted octanol–water partition coefficient (Wildman–Crippen LogP) is 4.20. The summed E-state index contributed by atoms with van der Waals surface area (Å²) in [6.07, 6.45) is 4.20. The van der Waals surface area contributed by atoms with Gasteiger partial charge in [0.15, 0.2) is 0 Å². The molecule has 0 aliphatic carbocycles. The molecule has 5 heteroatoms. The smallest absolute Gasteiger partial charge is 0.211 e. The molecule has 2 aromatic carbocycles. The Bertz CT molecular complexity index is 1080. The molecule has 1 heterocycles. The van der Waals surface area contributed by atoms with Gasteiger partial charge in [-0.05, 0) is 42.7 Å². The van der Waals surface area contributed by atoms with E-state index in [0.29, 0.717) is 11.9 Å². The van der Waals surface area contributed by atoms with Gasteiger partial charge in [0.25, 0.3) is 0 Å². The number of fused-ring (bicyclic) bond motifs is 1. The molecule has 3 rings (SSSR count). The molecule has 0 radical (unpaired) electrons. The zero-order chi connectivity index (χ0) is 18.7. The van der Waals surface area contributed by atoms with Crippen LogP contribution >= 0.6 is 0 Å². The Hall–Kier alpha value is -2.40. The van der Waals surface area contributed by atoms with Crippen molar-refractivity contribution < 1.29 is 8.42 Å². The van der Waals surface area contributed by atoms with E-state index >= 15 is 0 Å². The summed E-state index contributed by atoms with van der Waals surface area (Å²) in [6, 6.07) is 13.9. The van der Waals surface area contributed by atoms with E-state index < -0.39 is 15.3 Å². The first-order valence-electron chi connectivity index (χ1n) is 8.95. The van der Waals surface area contributed by atoms with E-state index in [-0.39, 0.29) is 9.79 Å². The summed E-state index contributed by atoms with van der Waals surface area (Å²) in [4.78, 5) is 13.0. The fourth-order valence-electron chi connectivity index (χ4n) is 3.07. The number of benzene rings is 2. The molecule has 0 aliphatic rings. The predicted molar refractivity (Wildman–Crippen MR) is 104 cm³/mol. The molecular weight excluding hydrogens is 346 g/mol. The number of hydrogen-bond acceptors (Lipinski definition) is 3. The number of nitrogens with zero attached hydrogens (tertiary/aromatic N) is 1. The van der Waals surface area contributed by atoms with Crippen LogP contribution < -0.4 is 5.43 Å². The lowest BCUT2D eigenvalue weighted by Crippen LogP contribution is -2.19. The van der Waals surface area contributed by atoms with Gasteiger partial charge >= 0.3 is 0 Å². The fraction of sp³-hybridized carbons (Fsp3) is 0.286. The van der Waals surface area contributed by atoms with Crippen molar-refractivity contribution >= 4 is 20.7 Å². The van der Waals surface area contributed by atoms with Crippen LogP contribution in [0.1, 0.15) is 32.3 Å². The van der Waals surface area contributed by atoms with E-state index in [1.807, 2.05) is 29.7 Å². The van der Waals surface area contributed by atoms with Crippen molar-refractivity contribution in [3.05, 3.63) is 70.5 Å². The quantitative estimate of drug-likeness (QED) is 0.654. The molecule has 1 aromatic heterocycles. The number of pyridine rings is 1. The molecule has 26 heavy (non-hydrogen) atoms. The normalized spacial score (nSPS) is 11.8. The molecule has 0 atom stereocenters. The van der Waals surface area contributed by atoms with Crippen LogP contribution in [0, 0.1) is 0 Å². The third-order valence-corrected chi connectivity index (χ3v) is 6.38. The Morgan fingerprint density at radius 1 is 1.00 bits per heavy atom. The highest BCUT2D eigenvalue weighted by Gasteiger charge is 2.23. The fourth-order valence-corrected chi connectivity index (χ4v) is 4.46. The number of sulfone groups is 1. The maximum absolute atomic E-state index is 13.1. The standard InChI is InChI=1S/C21H23NO3S/c1-3-5-13-22-15-20(26(24,25)17-9-7-6-8-10-17)21(23)18-14-16(4-2)11-12-19(18)22/h6-12,14-15H,3-5,13H2,1-2H3. The van der Waals surface area contributed by atoms with E-state index in [2.05, 4.69) is 6.92 Å². The second kappa shape index (κ2) is 7.46. The van der Waals surface area contributed by atoms with E-state index in [0.717, 1.165) is 30.3 Å². The number of unbranched alkanes of at least 4 members (excludes halogenated alkanes) is 1. The molecule has 136 valence electrons. The van der Waals surface area contributed by atoms with Crippen LogP contribution in [0.4, 0.5) is 0 Å². The van der Waals surface area contributed by atoms with E-state index in [9.17, 15) is 13.2 Å². The summed E-state index contributed by atoms with van der Waals surface area (Å²) in [7, 11) is -3.86. The molecule has 0 aliphatic heterocycles. The lowest BCUT2D eigenvalue weighted by atomic mass is 10.1. The molecular formula is C21H23NO3S. The van der Waals surface area contributed by atoms with Gasteiger partial charge in [0.2, 0.25) is 15.3 Å². The zero-order valence-corrected chi connectivity index (χ0v) is 15.9. The second-order valence-corrected chi connectivity index (χ2v) is 8.31. The first-order chi connectivity index (χ1) is 12.5. The van der Waals surface area contributed by atoms with Crippen LogP contribution in [0.15, 0.2) is 69.3 Å². The van der Waals surface area contributed by atoms with Crippen molar-refractivity contribution in [3.63, 3.8) is 0 Å². The molecule has 0 bridgehead atoms. The van der Waals surface area contributed by atoms with Gasteiger partial charge in [0.1, 0.15) is 4.90 Å².